The molecule has 3 aliphatic heterocycles. The van der Waals surface area contributed by atoms with E-state index in [9.17, 15) is 14.4 Å². The molecule has 2 aromatic rings. The Morgan fingerprint density at radius 1 is 0.943 bits per heavy atom. The van der Waals surface area contributed by atoms with Crippen molar-refractivity contribution in [3.05, 3.63) is 59.2 Å². The lowest BCUT2D eigenvalue weighted by molar-refractivity contribution is -0.136. The Morgan fingerprint density at radius 2 is 1.74 bits per heavy atom. The molecule has 1 N–H and O–H groups in total. The number of carbonyl (C=O) groups excluding carboxylic acids is 3. The summed E-state index contributed by atoms with van der Waals surface area (Å²) in [7, 11) is 0. The van der Waals surface area contributed by atoms with Crippen LogP contribution in [-0.4, -0.2) is 59.8 Å². The van der Waals surface area contributed by atoms with Gasteiger partial charge in [0.05, 0.1) is 6.54 Å². The Hall–Kier alpha value is -3.39. The summed E-state index contributed by atoms with van der Waals surface area (Å²) >= 11 is 0. The highest BCUT2D eigenvalue weighted by Crippen LogP contribution is 2.34. The second kappa shape index (κ2) is 10.5. The molecule has 0 saturated carbocycles. The van der Waals surface area contributed by atoms with Crippen molar-refractivity contribution < 1.29 is 23.9 Å². The molecule has 2 aromatic carbocycles. The smallest absolute Gasteiger partial charge is 0.255 e. The topological polar surface area (TPSA) is 88.2 Å². The van der Waals surface area contributed by atoms with Crippen LogP contribution in [0.15, 0.2) is 42.5 Å². The lowest BCUT2D eigenvalue weighted by Gasteiger charge is -2.29. The van der Waals surface area contributed by atoms with Gasteiger partial charge < -0.3 is 14.4 Å². The lowest BCUT2D eigenvalue weighted by atomic mass is 10.0. The van der Waals surface area contributed by atoms with Crippen molar-refractivity contribution in [3.63, 3.8) is 0 Å². The van der Waals surface area contributed by atoms with Crippen molar-refractivity contribution in [1.82, 2.24) is 15.1 Å². The SMILES string of the molecule is O=C1CCC(N2Cc3c(OCc4ccc(OCCN5CCCCC5)cc4)cccc3C2=O)C(=O)N1. The number of hydrogen-bond donors (Lipinski definition) is 1. The molecule has 0 spiro atoms. The zero-order valence-corrected chi connectivity index (χ0v) is 19.8. The van der Waals surface area contributed by atoms with Gasteiger partial charge in [-0.25, -0.2) is 0 Å². The molecular formula is C27H31N3O5. The third-order valence-electron chi connectivity index (χ3n) is 6.98. The zero-order chi connectivity index (χ0) is 24.2. The largest absolute Gasteiger partial charge is 0.492 e. The minimum Gasteiger partial charge on any atom is -0.492 e. The van der Waals surface area contributed by atoms with Gasteiger partial charge in [0.1, 0.15) is 30.8 Å². The Labute approximate surface area is 205 Å². The van der Waals surface area contributed by atoms with Gasteiger partial charge in [-0.2, -0.15) is 0 Å². The van der Waals surface area contributed by atoms with Crippen LogP contribution in [0.2, 0.25) is 0 Å². The molecule has 0 radical (unpaired) electrons. The molecule has 1 atom stereocenters. The molecule has 5 rings (SSSR count). The van der Waals surface area contributed by atoms with E-state index in [1.54, 1.807) is 12.1 Å². The number of imide groups is 1. The van der Waals surface area contributed by atoms with E-state index >= 15 is 0 Å². The molecule has 184 valence electrons. The number of benzene rings is 2. The molecule has 1 unspecified atom stereocenters. The van der Waals surface area contributed by atoms with Gasteiger partial charge in [-0.1, -0.05) is 24.6 Å². The maximum Gasteiger partial charge on any atom is 0.255 e. The normalized spacial score (nSPS) is 20.5. The lowest BCUT2D eigenvalue weighted by Crippen LogP contribution is -2.52. The summed E-state index contributed by atoms with van der Waals surface area (Å²) in [4.78, 5) is 40.7. The summed E-state index contributed by atoms with van der Waals surface area (Å²) in [6, 6.07) is 12.6. The van der Waals surface area contributed by atoms with E-state index in [1.807, 2.05) is 30.3 Å². The molecular weight excluding hydrogens is 446 g/mol. The van der Waals surface area contributed by atoms with E-state index in [1.165, 1.54) is 37.3 Å². The van der Waals surface area contributed by atoms with Crippen LogP contribution in [0.4, 0.5) is 0 Å². The number of carbonyl (C=O) groups is 3. The van der Waals surface area contributed by atoms with Crippen LogP contribution in [0.1, 0.15) is 53.6 Å². The van der Waals surface area contributed by atoms with Crippen molar-refractivity contribution in [2.75, 3.05) is 26.2 Å². The van der Waals surface area contributed by atoms with Gasteiger partial charge in [-0.3, -0.25) is 24.6 Å². The highest BCUT2D eigenvalue weighted by Gasteiger charge is 2.40. The minimum absolute atomic E-state index is 0.203. The fraction of sp³-hybridized carbons (Fsp3) is 0.444. The highest BCUT2D eigenvalue weighted by molar-refractivity contribution is 6.05. The van der Waals surface area contributed by atoms with E-state index in [0.717, 1.165) is 23.4 Å². The predicted molar refractivity (Wildman–Crippen MR) is 129 cm³/mol. The number of nitrogens with one attached hydrogen (secondary N) is 1. The summed E-state index contributed by atoms with van der Waals surface area (Å²) in [6.07, 6.45) is 4.47. The molecule has 8 nitrogen and oxygen atoms in total. The molecule has 0 aliphatic carbocycles. The van der Waals surface area contributed by atoms with E-state index < -0.39 is 11.9 Å². The van der Waals surface area contributed by atoms with Crippen LogP contribution < -0.4 is 14.8 Å². The molecule has 0 bridgehead atoms. The summed E-state index contributed by atoms with van der Waals surface area (Å²) in [5, 5.41) is 2.33. The molecule has 3 heterocycles. The number of ether oxygens (including phenoxy) is 2. The number of fused-ring (bicyclic) bond motifs is 1. The van der Waals surface area contributed by atoms with Gasteiger partial charge in [0, 0.05) is 24.1 Å². The Kier molecular flexibility index (Phi) is 6.99. The standard InChI is InChI=1S/C27H31N3O5/c31-25-12-11-23(26(32)28-25)30-17-22-21(27(30)33)5-4-6-24(22)35-18-19-7-9-20(10-8-19)34-16-15-29-13-2-1-3-14-29/h4-10,23H,1-3,11-18H2,(H,28,31,32). The van der Waals surface area contributed by atoms with Crippen LogP contribution >= 0.6 is 0 Å². The molecule has 2 saturated heterocycles. The van der Waals surface area contributed by atoms with Crippen LogP contribution in [-0.2, 0) is 22.7 Å². The number of nitrogens with zero attached hydrogens (tertiary/aromatic N) is 2. The van der Waals surface area contributed by atoms with Gasteiger partial charge in [0.2, 0.25) is 11.8 Å². The first kappa shape index (κ1) is 23.4. The fourth-order valence-corrected chi connectivity index (χ4v) is 5.01. The summed E-state index contributed by atoms with van der Waals surface area (Å²) in [6.45, 7) is 4.62. The first-order valence-electron chi connectivity index (χ1n) is 12.4. The molecule has 8 heteroatoms. The predicted octanol–water partition coefficient (Wildman–Crippen LogP) is 2.89. The maximum absolute atomic E-state index is 13.0. The van der Waals surface area contributed by atoms with Crippen LogP contribution in [0.3, 0.4) is 0 Å². The number of piperidine rings is 2. The molecule has 2 fully saturated rings. The highest BCUT2D eigenvalue weighted by atomic mass is 16.5. The second-order valence-electron chi connectivity index (χ2n) is 9.37. The third kappa shape index (κ3) is 5.32. The molecule has 3 amide bonds. The molecule has 0 aromatic heterocycles. The minimum atomic E-state index is -0.636. The van der Waals surface area contributed by atoms with Crippen molar-refractivity contribution in [2.24, 2.45) is 0 Å². The number of likely N-dealkylation sites (tertiary alicyclic amines) is 1. The quantitative estimate of drug-likeness (QED) is 0.589. The number of rotatable bonds is 8. The zero-order valence-electron chi connectivity index (χ0n) is 19.8. The number of hydrogen-bond acceptors (Lipinski definition) is 6. The monoisotopic (exact) mass is 477 g/mol. The average molecular weight is 478 g/mol. The summed E-state index contributed by atoms with van der Waals surface area (Å²) in [5.74, 6) is 0.566. The van der Waals surface area contributed by atoms with Crippen molar-refractivity contribution in [3.8, 4) is 11.5 Å². The summed E-state index contributed by atoms with van der Waals surface area (Å²) < 4.78 is 12.0. The van der Waals surface area contributed by atoms with E-state index in [0.29, 0.717) is 37.5 Å². The first-order chi connectivity index (χ1) is 17.1. The average Bonchev–Trinajstić information content (AvgIpc) is 3.21. The Morgan fingerprint density at radius 3 is 2.51 bits per heavy atom. The van der Waals surface area contributed by atoms with Crippen LogP contribution in [0.5, 0.6) is 11.5 Å². The first-order valence-corrected chi connectivity index (χ1v) is 12.4. The third-order valence-corrected chi connectivity index (χ3v) is 6.98. The fourth-order valence-electron chi connectivity index (χ4n) is 5.01. The van der Waals surface area contributed by atoms with Gasteiger partial charge in [0.25, 0.3) is 5.91 Å². The van der Waals surface area contributed by atoms with Crippen molar-refractivity contribution >= 4 is 17.7 Å². The van der Waals surface area contributed by atoms with Crippen LogP contribution in [0.25, 0.3) is 0 Å². The molecule has 3 aliphatic rings. The van der Waals surface area contributed by atoms with E-state index in [2.05, 4.69) is 10.2 Å². The molecule has 35 heavy (non-hydrogen) atoms. The van der Waals surface area contributed by atoms with Crippen molar-refractivity contribution in [1.29, 1.82) is 0 Å². The Balaban J connectivity index is 1.16. The summed E-state index contributed by atoms with van der Waals surface area (Å²) in [5.41, 5.74) is 2.32. The van der Waals surface area contributed by atoms with Gasteiger partial charge in [-0.05, 0) is 62.2 Å². The second-order valence-corrected chi connectivity index (χ2v) is 9.37. The van der Waals surface area contributed by atoms with E-state index in [4.69, 9.17) is 9.47 Å². The van der Waals surface area contributed by atoms with Crippen LogP contribution in [0, 0.1) is 0 Å². The number of amides is 3. The van der Waals surface area contributed by atoms with Gasteiger partial charge >= 0.3 is 0 Å². The maximum atomic E-state index is 13.0. The van der Waals surface area contributed by atoms with Gasteiger partial charge in [-0.15, -0.1) is 0 Å². The Bertz CT molecular complexity index is 1090. The van der Waals surface area contributed by atoms with Crippen molar-refractivity contribution in [2.45, 2.75) is 51.3 Å². The van der Waals surface area contributed by atoms with E-state index in [-0.39, 0.29) is 18.2 Å². The van der Waals surface area contributed by atoms with Gasteiger partial charge in [0.15, 0.2) is 0 Å².